The van der Waals surface area contributed by atoms with Crippen LogP contribution >= 0.6 is 0 Å². The van der Waals surface area contributed by atoms with E-state index < -0.39 is 0 Å². The van der Waals surface area contributed by atoms with Crippen LogP contribution in [0.4, 0.5) is 0 Å². The molecule has 0 bridgehead atoms. The standard InChI is InChI=1S/C16H23NO4/c1-4-20-15(18)9-10-17-16(19)13-5-7-14(8-6-13)21-11-12(2)3/h5-8,12H,4,9-11H2,1-3H3,(H,17,19). The highest BCUT2D eigenvalue weighted by Crippen LogP contribution is 2.13. The highest BCUT2D eigenvalue weighted by Gasteiger charge is 2.07. The largest absolute Gasteiger partial charge is 0.493 e. The van der Waals surface area contributed by atoms with E-state index in [1.165, 1.54) is 0 Å². The number of benzene rings is 1. The fraction of sp³-hybridized carbons (Fsp3) is 0.500. The summed E-state index contributed by atoms with van der Waals surface area (Å²) < 4.78 is 10.3. The zero-order valence-electron chi connectivity index (χ0n) is 12.8. The Hall–Kier alpha value is -2.04. The average Bonchev–Trinajstić information content (AvgIpc) is 2.45. The van der Waals surface area contributed by atoms with Gasteiger partial charge in [0.05, 0.1) is 19.6 Å². The Morgan fingerprint density at radius 1 is 1.19 bits per heavy atom. The van der Waals surface area contributed by atoms with Crippen molar-refractivity contribution in [2.24, 2.45) is 5.92 Å². The number of nitrogens with one attached hydrogen (secondary N) is 1. The van der Waals surface area contributed by atoms with Gasteiger partial charge in [0.1, 0.15) is 5.75 Å². The minimum Gasteiger partial charge on any atom is -0.493 e. The molecule has 1 aromatic rings. The number of hydrogen-bond acceptors (Lipinski definition) is 4. The van der Waals surface area contributed by atoms with E-state index >= 15 is 0 Å². The second-order valence-corrected chi connectivity index (χ2v) is 5.04. The Morgan fingerprint density at radius 2 is 1.86 bits per heavy atom. The summed E-state index contributed by atoms with van der Waals surface area (Å²) in [5, 5.41) is 2.68. The van der Waals surface area contributed by atoms with Crippen molar-refractivity contribution in [2.75, 3.05) is 19.8 Å². The molecule has 0 unspecified atom stereocenters. The molecule has 0 aliphatic rings. The average molecular weight is 293 g/mol. The van der Waals surface area contributed by atoms with E-state index in [1.54, 1.807) is 31.2 Å². The highest BCUT2D eigenvalue weighted by molar-refractivity contribution is 5.94. The van der Waals surface area contributed by atoms with Gasteiger partial charge < -0.3 is 14.8 Å². The van der Waals surface area contributed by atoms with Crippen LogP contribution in [0.1, 0.15) is 37.6 Å². The quantitative estimate of drug-likeness (QED) is 0.748. The van der Waals surface area contributed by atoms with E-state index in [2.05, 4.69) is 19.2 Å². The number of carbonyl (C=O) groups is 2. The molecular weight excluding hydrogens is 270 g/mol. The van der Waals surface area contributed by atoms with Crippen molar-refractivity contribution in [1.82, 2.24) is 5.32 Å². The molecule has 5 heteroatoms. The van der Waals surface area contributed by atoms with Crippen LogP contribution in [0.5, 0.6) is 5.75 Å². The molecule has 0 atom stereocenters. The fourth-order valence-corrected chi connectivity index (χ4v) is 1.58. The van der Waals surface area contributed by atoms with Crippen LogP contribution in [-0.2, 0) is 9.53 Å². The van der Waals surface area contributed by atoms with Crippen molar-refractivity contribution in [3.8, 4) is 5.75 Å². The Morgan fingerprint density at radius 3 is 2.43 bits per heavy atom. The third-order valence-corrected chi connectivity index (χ3v) is 2.62. The Kier molecular flexibility index (Phi) is 7.29. The summed E-state index contributed by atoms with van der Waals surface area (Å²) in [7, 11) is 0. The first-order chi connectivity index (χ1) is 10.0. The maximum absolute atomic E-state index is 11.9. The number of rotatable bonds is 8. The van der Waals surface area contributed by atoms with Gasteiger partial charge in [-0.05, 0) is 37.1 Å². The van der Waals surface area contributed by atoms with Gasteiger partial charge in [0.2, 0.25) is 0 Å². The third kappa shape index (κ3) is 6.79. The first-order valence-corrected chi connectivity index (χ1v) is 7.19. The van der Waals surface area contributed by atoms with E-state index in [0.29, 0.717) is 24.7 Å². The summed E-state index contributed by atoms with van der Waals surface area (Å²) in [6, 6.07) is 6.94. The van der Waals surface area contributed by atoms with Crippen molar-refractivity contribution in [3.05, 3.63) is 29.8 Å². The fourth-order valence-electron chi connectivity index (χ4n) is 1.58. The second-order valence-electron chi connectivity index (χ2n) is 5.04. The van der Waals surface area contributed by atoms with Gasteiger partial charge >= 0.3 is 5.97 Å². The maximum atomic E-state index is 11.9. The zero-order valence-corrected chi connectivity index (χ0v) is 12.8. The number of carbonyl (C=O) groups excluding carboxylic acids is 2. The monoisotopic (exact) mass is 293 g/mol. The number of ether oxygens (including phenoxy) is 2. The van der Waals surface area contributed by atoms with Crippen LogP contribution < -0.4 is 10.1 Å². The minimum atomic E-state index is -0.310. The molecule has 0 aliphatic carbocycles. The summed E-state index contributed by atoms with van der Waals surface area (Å²) in [6.07, 6.45) is 0.176. The molecule has 0 aliphatic heterocycles. The summed E-state index contributed by atoms with van der Waals surface area (Å²) in [4.78, 5) is 23.0. The first-order valence-electron chi connectivity index (χ1n) is 7.19. The SMILES string of the molecule is CCOC(=O)CCNC(=O)c1ccc(OCC(C)C)cc1. The van der Waals surface area contributed by atoms with Crippen LogP contribution in [0.25, 0.3) is 0 Å². The summed E-state index contributed by atoms with van der Waals surface area (Å²) >= 11 is 0. The predicted molar refractivity (Wildman–Crippen MR) is 80.4 cm³/mol. The van der Waals surface area contributed by atoms with Gasteiger partial charge in [-0.15, -0.1) is 0 Å². The molecule has 1 N–H and O–H groups in total. The smallest absolute Gasteiger partial charge is 0.307 e. The lowest BCUT2D eigenvalue weighted by atomic mass is 10.2. The van der Waals surface area contributed by atoms with Crippen LogP contribution in [0.15, 0.2) is 24.3 Å². The second kappa shape index (κ2) is 9.00. The van der Waals surface area contributed by atoms with Crippen LogP contribution in [-0.4, -0.2) is 31.6 Å². The van der Waals surface area contributed by atoms with E-state index in [-0.39, 0.29) is 24.8 Å². The van der Waals surface area contributed by atoms with Gasteiger partial charge in [0, 0.05) is 12.1 Å². The molecule has 0 radical (unpaired) electrons. The van der Waals surface area contributed by atoms with E-state index in [9.17, 15) is 9.59 Å². The predicted octanol–water partition coefficient (Wildman–Crippen LogP) is 2.40. The Labute approximate surface area is 125 Å². The molecule has 0 spiro atoms. The lowest BCUT2D eigenvalue weighted by molar-refractivity contribution is -0.142. The van der Waals surface area contributed by atoms with Crippen molar-refractivity contribution in [2.45, 2.75) is 27.2 Å². The van der Waals surface area contributed by atoms with E-state index in [0.717, 1.165) is 5.75 Å². The molecule has 0 fully saturated rings. The molecule has 0 saturated carbocycles. The number of hydrogen-bond donors (Lipinski definition) is 1. The van der Waals surface area contributed by atoms with Gasteiger partial charge in [-0.1, -0.05) is 13.8 Å². The van der Waals surface area contributed by atoms with Crippen LogP contribution in [0.3, 0.4) is 0 Å². The zero-order chi connectivity index (χ0) is 15.7. The maximum Gasteiger partial charge on any atom is 0.307 e. The molecule has 0 aromatic heterocycles. The van der Waals surface area contributed by atoms with Crippen molar-refractivity contribution < 1.29 is 19.1 Å². The van der Waals surface area contributed by atoms with Gasteiger partial charge in [0.15, 0.2) is 0 Å². The summed E-state index contributed by atoms with van der Waals surface area (Å²) in [6.45, 7) is 7.16. The van der Waals surface area contributed by atoms with E-state index in [4.69, 9.17) is 9.47 Å². The van der Waals surface area contributed by atoms with Gasteiger partial charge in [0.25, 0.3) is 5.91 Å². The van der Waals surface area contributed by atoms with Gasteiger partial charge in [-0.2, -0.15) is 0 Å². The van der Waals surface area contributed by atoms with E-state index in [1.807, 2.05) is 0 Å². The number of esters is 1. The third-order valence-electron chi connectivity index (χ3n) is 2.62. The van der Waals surface area contributed by atoms with Crippen molar-refractivity contribution >= 4 is 11.9 Å². The molecule has 0 saturated heterocycles. The molecule has 1 amide bonds. The normalized spacial score (nSPS) is 10.3. The topological polar surface area (TPSA) is 64.6 Å². The molecular formula is C16H23NO4. The molecule has 1 rings (SSSR count). The molecule has 5 nitrogen and oxygen atoms in total. The summed E-state index contributed by atoms with van der Waals surface area (Å²) in [5.41, 5.74) is 0.538. The molecule has 0 heterocycles. The molecule has 116 valence electrons. The van der Waals surface area contributed by atoms with Crippen LogP contribution in [0, 0.1) is 5.92 Å². The Bertz CT molecular complexity index is 454. The minimum absolute atomic E-state index is 0.176. The van der Waals surface area contributed by atoms with Crippen molar-refractivity contribution in [3.63, 3.8) is 0 Å². The Balaban J connectivity index is 2.39. The lowest BCUT2D eigenvalue weighted by Crippen LogP contribution is -2.26. The van der Waals surface area contributed by atoms with Gasteiger partial charge in [-0.25, -0.2) is 0 Å². The number of amides is 1. The van der Waals surface area contributed by atoms with Gasteiger partial charge in [-0.3, -0.25) is 9.59 Å². The highest BCUT2D eigenvalue weighted by atomic mass is 16.5. The molecule has 21 heavy (non-hydrogen) atoms. The van der Waals surface area contributed by atoms with Crippen molar-refractivity contribution in [1.29, 1.82) is 0 Å². The van der Waals surface area contributed by atoms with Crippen LogP contribution in [0.2, 0.25) is 0 Å². The molecule has 1 aromatic carbocycles. The summed E-state index contributed by atoms with van der Waals surface area (Å²) in [5.74, 6) is 0.674. The lowest BCUT2D eigenvalue weighted by Gasteiger charge is -2.09. The first kappa shape index (κ1) is 17.0.